The van der Waals surface area contributed by atoms with E-state index in [1.165, 1.54) is 4.90 Å². The van der Waals surface area contributed by atoms with Gasteiger partial charge < -0.3 is 15.3 Å². The van der Waals surface area contributed by atoms with Gasteiger partial charge >= 0.3 is 5.97 Å². The van der Waals surface area contributed by atoms with Gasteiger partial charge in [-0.15, -0.1) is 0 Å². The number of hydrogen-bond acceptors (Lipinski definition) is 3. The lowest BCUT2D eigenvalue weighted by atomic mass is 10.1. The van der Waals surface area contributed by atoms with Crippen LogP contribution in [0.15, 0.2) is 54.6 Å². The molecule has 3 rings (SSSR count). The third-order valence-electron chi connectivity index (χ3n) is 4.49. The van der Waals surface area contributed by atoms with Gasteiger partial charge in [0, 0.05) is 24.2 Å². The van der Waals surface area contributed by atoms with Gasteiger partial charge in [-0.3, -0.25) is 9.59 Å². The van der Waals surface area contributed by atoms with Crippen LogP contribution >= 0.6 is 0 Å². The fraction of sp³-hybridized carbons (Fsp3) is 0.250. The van der Waals surface area contributed by atoms with Crippen molar-refractivity contribution >= 4 is 17.8 Å². The molecule has 2 N–H and O–H groups in total. The Morgan fingerprint density at radius 1 is 1.00 bits per heavy atom. The Bertz CT molecular complexity index is 802. The Labute approximate surface area is 151 Å². The van der Waals surface area contributed by atoms with Crippen LogP contribution in [0.1, 0.15) is 39.1 Å². The maximum atomic E-state index is 12.5. The third-order valence-corrected chi connectivity index (χ3v) is 4.49. The van der Waals surface area contributed by atoms with Gasteiger partial charge in [-0.25, -0.2) is 4.79 Å². The average molecular weight is 352 g/mol. The number of carboxylic acids is 1. The maximum Gasteiger partial charge on any atom is 0.326 e. The summed E-state index contributed by atoms with van der Waals surface area (Å²) in [6, 6.07) is 15.1. The first-order chi connectivity index (χ1) is 12.6. The lowest BCUT2D eigenvalue weighted by Crippen LogP contribution is -2.40. The van der Waals surface area contributed by atoms with E-state index in [-0.39, 0.29) is 11.8 Å². The Hall–Kier alpha value is -3.15. The first-order valence-corrected chi connectivity index (χ1v) is 8.52. The van der Waals surface area contributed by atoms with Crippen molar-refractivity contribution in [1.82, 2.24) is 10.2 Å². The summed E-state index contributed by atoms with van der Waals surface area (Å²) in [7, 11) is 0. The summed E-state index contributed by atoms with van der Waals surface area (Å²) in [4.78, 5) is 37.2. The monoisotopic (exact) mass is 352 g/mol. The highest BCUT2D eigenvalue weighted by Crippen LogP contribution is 2.20. The number of rotatable bonds is 5. The van der Waals surface area contributed by atoms with Crippen molar-refractivity contribution in [2.75, 3.05) is 6.54 Å². The summed E-state index contributed by atoms with van der Waals surface area (Å²) < 4.78 is 0. The molecule has 26 heavy (non-hydrogen) atoms. The lowest BCUT2D eigenvalue weighted by Gasteiger charge is -2.21. The fourth-order valence-corrected chi connectivity index (χ4v) is 3.07. The molecule has 1 aliphatic heterocycles. The molecule has 6 heteroatoms. The molecular formula is C20H20N2O4. The van der Waals surface area contributed by atoms with E-state index in [1.54, 1.807) is 48.5 Å². The highest BCUT2D eigenvalue weighted by Gasteiger charge is 2.34. The van der Waals surface area contributed by atoms with E-state index in [2.05, 4.69) is 5.32 Å². The topological polar surface area (TPSA) is 86.7 Å². The van der Waals surface area contributed by atoms with Crippen molar-refractivity contribution in [3.8, 4) is 0 Å². The van der Waals surface area contributed by atoms with Gasteiger partial charge in [0.15, 0.2) is 0 Å². The molecule has 1 aliphatic rings. The van der Waals surface area contributed by atoms with E-state index < -0.39 is 12.0 Å². The number of amides is 2. The second-order valence-electron chi connectivity index (χ2n) is 6.24. The van der Waals surface area contributed by atoms with Crippen LogP contribution < -0.4 is 5.32 Å². The molecule has 1 saturated heterocycles. The normalized spacial score (nSPS) is 16.3. The van der Waals surface area contributed by atoms with Gasteiger partial charge in [0.2, 0.25) is 0 Å². The van der Waals surface area contributed by atoms with E-state index >= 15 is 0 Å². The van der Waals surface area contributed by atoms with Crippen LogP contribution in [-0.2, 0) is 11.3 Å². The minimum Gasteiger partial charge on any atom is -0.480 e. The molecule has 1 unspecified atom stereocenters. The molecule has 0 aliphatic carbocycles. The van der Waals surface area contributed by atoms with Gasteiger partial charge in [-0.2, -0.15) is 0 Å². The van der Waals surface area contributed by atoms with Crippen molar-refractivity contribution in [2.24, 2.45) is 0 Å². The predicted molar refractivity (Wildman–Crippen MR) is 95.7 cm³/mol. The van der Waals surface area contributed by atoms with Crippen LogP contribution in [0.25, 0.3) is 0 Å². The molecule has 2 aromatic rings. The zero-order valence-electron chi connectivity index (χ0n) is 14.2. The molecule has 1 atom stereocenters. The molecule has 2 amide bonds. The second-order valence-corrected chi connectivity index (χ2v) is 6.24. The zero-order valence-corrected chi connectivity index (χ0v) is 14.2. The zero-order chi connectivity index (χ0) is 18.5. The highest BCUT2D eigenvalue weighted by molar-refractivity contribution is 5.97. The standard InChI is InChI=1S/C20H20N2O4/c23-18(15-5-2-1-3-6-15)21-13-14-8-10-16(11-9-14)19(24)22-12-4-7-17(22)20(25)26/h1-3,5-6,8-11,17H,4,7,12-13H2,(H,21,23)(H,25,26). The number of benzene rings is 2. The first kappa shape index (κ1) is 17.7. The Morgan fingerprint density at radius 2 is 1.69 bits per heavy atom. The molecule has 2 aromatic carbocycles. The fourth-order valence-electron chi connectivity index (χ4n) is 3.07. The molecule has 0 spiro atoms. The van der Waals surface area contributed by atoms with Gasteiger partial charge in [0.05, 0.1) is 0 Å². The molecule has 1 fully saturated rings. The first-order valence-electron chi connectivity index (χ1n) is 8.52. The number of carboxylic acid groups (broad SMARTS) is 1. The van der Waals surface area contributed by atoms with Crippen LogP contribution in [0, 0.1) is 0 Å². The Morgan fingerprint density at radius 3 is 2.35 bits per heavy atom. The molecule has 1 heterocycles. The molecule has 0 saturated carbocycles. The maximum absolute atomic E-state index is 12.5. The SMILES string of the molecule is O=C(NCc1ccc(C(=O)N2CCCC2C(=O)O)cc1)c1ccccc1. The van der Waals surface area contributed by atoms with Crippen molar-refractivity contribution in [2.45, 2.75) is 25.4 Å². The number of hydrogen-bond donors (Lipinski definition) is 2. The molecule has 0 bridgehead atoms. The number of carbonyl (C=O) groups is 3. The molecular weight excluding hydrogens is 332 g/mol. The lowest BCUT2D eigenvalue weighted by molar-refractivity contribution is -0.141. The summed E-state index contributed by atoms with van der Waals surface area (Å²) in [5.41, 5.74) is 1.91. The summed E-state index contributed by atoms with van der Waals surface area (Å²) in [6.45, 7) is 0.814. The Kier molecular flexibility index (Phi) is 5.31. The van der Waals surface area contributed by atoms with Crippen LogP contribution in [0.4, 0.5) is 0 Å². The quantitative estimate of drug-likeness (QED) is 0.864. The summed E-state index contributed by atoms with van der Waals surface area (Å²) in [5, 5.41) is 12.0. The Balaban J connectivity index is 1.61. The number of likely N-dealkylation sites (tertiary alicyclic amines) is 1. The highest BCUT2D eigenvalue weighted by atomic mass is 16.4. The summed E-state index contributed by atoms with van der Waals surface area (Å²) >= 11 is 0. The van der Waals surface area contributed by atoms with Gasteiger partial charge in [0.1, 0.15) is 6.04 Å². The predicted octanol–water partition coefficient (Wildman–Crippen LogP) is 2.31. The van der Waals surface area contributed by atoms with Gasteiger partial charge in [0.25, 0.3) is 11.8 Å². The molecule has 0 radical (unpaired) electrons. The van der Waals surface area contributed by atoms with Crippen molar-refractivity contribution in [1.29, 1.82) is 0 Å². The van der Waals surface area contributed by atoms with E-state index in [4.69, 9.17) is 0 Å². The van der Waals surface area contributed by atoms with E-state index in [9.17, 15) is 19.5 Å². The number of aliphatic carboxylic acids is 1. The van der Waals surface area contributed by atoms with E-state index in [0.29, 0.717) is 37.1 Å². The van der Waals surface area contributed by atoms with Crippen molar-refractivity contribution in [3.05, 3.63) is 71.3 Å². The summed E-state index contributed by atoms with van der Waals surface area (Å²) in [6.07, 6.45) is 1.19. The number of nitrogens with zero attached hydrogens (tertiary/aromatic N) is 1. The third kappa shape index (κ3) is 3.91. The smallest absolute Gasteiger partial charge is 0.326 e. The number of carbonyl (C=O) groups excluding carboxylic acids is 2. The van der Waals surface area contributed by atoms with Crippen LogP contribution in [0.5, 0.6) is 0 Å². The van der Waals surface area contributed by atoms with E-state index in [1.807, 2.05) is 6.07 Å². The summed E-state index contributed by atoms with van der Waals surface area (Å²) in [5.74, 6) is -1.39. The molecule has 6 nitrogen and oxygen atoms in total. The minimum absolute atomic E-state index is 0.160. The largest absolute Gasteiger partial charge is 0.480 e. The van der Waals surface area contributed by atoms with Gasteiger partial charge in [-0.05, 0) is 42.7 Å². The molecule has 134 valence electrons. The van der Waals surface area contributed by atoms with Crippen LogP contribution in [0.3, 0.4) is 0 Å². The van der Waals surface area contributed by atoms with Crippen LogP contribution in [-0.4, -0.2) is 40.4 Å². The number of nitrogens with one attached hydrogen (secondary N) is 1. The second kappa shape index (κ2) is 7.82. The molecule has 0 aromatic heterocycles. The van der Waals surface area contributed by atoms with Crippen LogP contribution in [0.2, 0.25) is 0 Å². The van der Waals surface area contributed by atoms with Crippen molar-refractivity contribution in [3.63, 3.8) is 0 Å². The average Bonchev–Trinajstić information content (AvgIpc) is 3.17. The van der Waals surface area contributed by atoms with Crippen molar-refractivity contribution < 1.29 is 19.5 Å². The minimum atomic E-state index is -0.962. The van der Waals surface area contributed by atoms with E-state index in [0.717, 1.165) is 5.56 Å². The van der Waals surface area contributed by atoms with Gasteiger partial charge in [-0.1, -0.05) is 30.3 Å².